The number of esters is 1. The van der Waals surface area contributed by atoms with Crippen molar-refractivity contribution in [2.45, 2.75) is 6.04 Å². The highest BCUT2D eigenvalue weighted by molar-refractivity contribution is 9.10. The highest BCUT2D eigenvalue weighted by Crippen LogP contribution is 2.39. The van der Waals surface area contributed by atoms with Crippen molar-refractivity contribution in [3.05, 3.63) is 69.0 Å². The van der Waals surface area contributed by atoms with Crippen LogP contribution >= 0.6 is 39.9 Å². The van der Waals surface area contributed by atoms with Gasteiger partial charge in [-0.25, -0.2) is 4.79 Å². The Balaban J connectivity index is 2.01. The van der Waals surface area contributed by atoms with E-state index in [1.54, 1.807) is 43.5 Å². The van der Waals surface area contributed by atoms with Gasteiger partial charge in [-0.05, 0) is 29.8 Å². The monoisotopic (exact) mass is 477 g/mol. The fourth-order valence-electron chi connectivity index (χ4n) is 2.80. The molecule has 0 saturated carbocycles. The molecule has 1 amide bonds. The van der Waals surface area contributed by atoms with E-state index < -0.39 is 12.0 Å². The molecule has 8 heteroatoms. The van der Waals surface area contributed by atoms with Crippen molar-refractivity contribution >= 4 is 62.2 Å². The lowest BCUT2D eigenvalue weighted by Gasteiger charge is -2.24. The zero-order valence-corrected chi connectivity index (χ0v) is 18.3. The van der Waals surface area contributed by atoms with Crippen LogP contribution < -0.4 is 4.74 Å². The van der Waals surface area contributed by atoms with Gasteiger partial charge < -0.3 is 9.47 Å². The molecule has 2 aromatic carbocycles. The van der Waals surface area contributed by atoms with E-state index in [1.165, 1.54) is 12.0 Å². The minimum absolute atomic E-state index is 0.296. The molecule has 1 saturated heterocycles. The zero-order chi connectivity index (χ0) is 20.3. The molecule has 144 valence electrons. The van der Waals surface area contributed by atoms with Crippen molar-refractivity contribution in [2.75, 3.05) is 14.2 Å². The first-order valence-corrected chi connectivity index (χ1v) is 10.2. The van der Waals surface area contributed by atoms with Crippen LogP contribution in [0.3, 0.4) is 0 Å². The Kier molecular flexibility index (Phi) is 6.53. The summed E-state index contributed by atoms with van der Waals surface area (Å²) in [5.41, 5.74) is 1.36. The van der Waals surface area contributed by atoms with E-state index in [0.29, 0.717) is 20.5 Å². The van der Waals surface area contributed by atoms with Crippen molar-refractivity contribution in [3.63, 3.8) is 0 Å². The van der Waals surface area contributed by atoms with Crippen molar-refractivity contribution < 1.29 is 19.1 Å². The number of methoxy groups -OCH3 is 2. The molecule has 2 aromatic rings. The van der Waals surface area contributed by atoms with E-state index in [-0.39, 0.29) is 5.91 Å². The average Bonchev–Trinajstić information content (AvgIpc) is 2.97. The molecule has 0 radical (unpaired) electrons. The van der Waals surface area contributed by atoms with Crippen LogP contribution in [0, 0.1) is 0 Å². The van der Waals surface area contributed by atoms with Crippen LogP contribution in [0.15, 0.2) is 57.9 Å². The fourth-order valence-corrected chi connectivity index (χ4v) is 4.48. The summed E-state index contributed by atoms with van der Waals surface area (Å²) in [7, 11) is 2.85. The van der Waals surface area contributed by atoms with E-state index in [4.69, 9.17) is 21.7 Å². The summed E-state index contributed by atoms with van der Waals surface area (Å²) >= 11 is 9.99. The molecular formula is C20H16BrNO4S2. The van der Waals surface area contributed by atoms with Crippen LogP contribution in [0.2, 0.25) is 0 Å². The normalized spacial score (nSPS) is 16.4. The maximum Gasteiger partial charge on any atom is 0.333 e. The number of halogens is 1. The summed E-state index contributed by atoms with van der Waals surface area (Å²) in [5.74, 6) is -0.277. The third-order valence-corrected chi connectivity index (χ3v) is 5.92. The molecule has 1 aliphatic heterocycles. The number of thiocarbonyl (C=S) groups is 1. The predicted molar refractivity (Wildman–Crippen MR) is 117 cm³/mol. The molecule has 0 bridgehead atoms. The summed E-state index contributed by atoms with van der Waals surface area (Å²) in [4.78, 5) is 27.3. The van der Waals surface area contributed by atoms with Gasteiger partial charge >= 0.3 is 5.97 Å². The smallest absolute Gasteiger partial charge is 0.333 e. The summed E-state index contributed by atoms with van der Waals surface area (Å²) in [6, 6.07) is 13.5. The van der Waals surface area contributed by atoms with Gasteiger partial charge in [0.1, 0.15) is 10.1 Å². The first-order valence-electron chi connectivity index (χ1n) is 8.19. The number of amides is 1. The number of benzene rings is 2. The molecule has 1 atom stereocenters. The van der Waals surface area contributed by atoms with Crippen LogP contribution in [0.1, 0.15) is 17.2 Å². The van der Waals surface area contributed by atoms with Gasteiger partial charge in [-0.15, -0.1) is 0 Å². The van der Waals surface area contributed by atoms with Crippen molar-refractivity contribution in [3.8, 4) is 5.75 Å². The number of hydrogen-bond acceptors (Lipinski definition) is 6. The molecule has 1 unspecified atom stereocenters. The maximum absolute atomic E-state index is 13.1. The molecule has 0 spiro atoms. The Morgan fingerprint density at radius 2 is 1.93 bits per heavy atom. The minimum Gasteiger partial charge on any atom is -0.496 e. The lowest BCUT2D eigenvalue weighted by Crippen LogP contribution is -2.37. The highest BCUT2D eigenvalue weighted by atomic mass is 79.9. The second-order valence-corrected chi connectivity index (χ2v) is 8.37. The van der Waals surface area contributed by atoms with Crippen LogP contribution in [-0.4, -0.2) is 35.3 Å². The molecule has 3 rings (SSSR count). The standard InChI is InChI=1S/C20H16BrNO4S2/c1-25-15-9-8-14(21)10-13(15)11-16-18(23)22(20(27)28-16)17(19(24)26-2)12-6-4-3-5-7-12/h3-11,17H,1-2H3/b16-11+. The van der Waals surface area contributed by atoms with Crippen LogP contribution in [0.5, 0.6) is 5.75 Å². The van der Waals surface area contributed by atoms with E-state index in [0.717, 1.165) is 21.8 Å². The largest absolute Gasteiger partial charge is 0.496 e. The Hall–Kier alpha value is -2.16. The van der Waals surface area contributed by atoms with E-state index in [9.17, 15) is 9.59 Å². The molecule has 0 N–H and O–H groups in total. The van der Waals surface area contributed by atoms with Gasteiger partial charge in [0.25, 0.3) is 5.91 Å². The summed E-state index contributed by atoms with van der Waals surface area (Å²) < 4.78 is 11.4. The van der Waals surface area contributed by atoms with Gasteiger partial charge in [0.15, 0.2) is 6.04 Å². The Morgan fingerprint density at radius 3 is 2.57 bits per heavy atom. The lowest BCUT2D eigenvalue weighted by molar-refractivity contribution is -0.148. The van der Waals surface area contributed by atoms with Crippen LogP contribution in [0.4, 0.5) is 0 Å². The number of carbonyl (C=O) groups is 2. The van der Waals surface area contributed by atoms with Gasteiger partial charge in [0, 0.05) is 10.0 Å². The highest BCUT2D eigenvalue weighted by Gasteiger charge is 2.41. The third-order valence-electron chi connectivity index (χ3n) is 4.10. The SMILES string of the molecule is COC(=O)C(c1ccccc1)N1C(=O)/C(=C\c2cc(Br)ccc2OC)SC1=S. The van der Waals surface area contributed by atoms with Crippen LogP contribution in [-0.2, 0) is 14.3 Å². The molecular weight excluding hydrogens is 462 g/mol. The van der Waals surface area contributed by atoms with Gasteiger partial charge in [-0.1, -0.05) is 70.2 Å². The molecule has 1 aliphatic rings. The number of carbonyl (C=O) groups excluding carboxylic acids is 2. The van der Waals surface area contributed by atoms with Crippen molar-refractivity contribution in [2.24, 2.45) is 0 Å². The Bertz CT molecular complexity index is 962. The number of ether oxygens (including phenoxy) is 2. The summed E-state index contributed by atoms with van der Waals surface area (Å²) in [5, 5.41) is 0. The second-order valence-electron chi connectivity index (χ2n) is 5.77. The minimum atomic E-state index is -0.936. The Labute approximate surface area is 180 Å². The lowest BCUT2D eigenvalue weighted by atomic mass is 10.1. The molecule has 5 nitrogen and oxygen atoms in total. The van der Waals surface area contributed by atoms with Gasteiger partial charge in [-0.2, -0.15) is 0 Å². The zero-order valence-electron chi connectivity index (χ0n) is 15.0. The van der Waals surface area contributed by atoms with Gasteiger partial charge in [0.2, 0.25) is 0 Å². The topological polar surface area (TPSA) is 55.8 Å². The second kappa shape index (κ2) is 8.89. The number of rotatable bonds is 5. The molecule has 1 heterocycles. The predicted octanol–water partition coefficient (Wildman–Crippen LogP) is 4.57. The average molecular weight is 478 g/mol. The molecule has 28 heavy (non-hydrogen) atoms. The number of thioether (sulfide) groups is 1. The van der Waals surface area contributed by atoms with E-state index in [1.807, 2.05) is 18.2 Å². The third kappa shape index (κ3) is 4.14. The molecule has 0 aliphatic carbocycles. The van der Waals surface area contributed by atoms with E-state index >= 15 is 0 Å². The molecule has 0 aromatic heterocycles. The maximum atomic E-state index is 13.1. The Morgan fingerprint density at radius 1 is 1.21 bits per heavy atom. The number of hydrogen-bond donors (Lipinski definition) is 0. The van der Waals surface area contributed by atoms with Crippen molar-refractivity contribution in [1.82, 2.24) is 4.90 Å². The summed E-state index contributed by atoms with van der Waals surface area (Å²) in [6.45, 7) is 0. The van der Waals surface area contributed by atoms with Crippen LogP contribution in [0.25, 0.3) is 6.08 Å². The fraction of sp³-hybridized carbons (Fsp3) is 0.150. The quantitative estimate of drug-likeness (QED) is 0.357. The van der Waals surface area contributed by atoms with E-state index in [2.05, 4.69) is 15.9 Å². The number of nitrogens with zero attached hydrogens (tertiary/aromatic N) is 1. The van der Waals surface area contributed by atoms with Crippen molar-refractivity contribution in [1.29, 1.82) is 0 Å². The van der Waals surface area contributed by atoms with Gasteiger partial charge in [-0.3, -0.25) is 9.69 Å². The molecule has 1 fully saturated rings. The first kappa shape index (κ1) is 20.6. The van der Waals surface area contributed by atoms with Gasteiger partial charge in [0.05, 0.1) is 19.1 Å². The first-order chi connectivity index (χ1) is 13.5. The summed E-state index contributed by atoms with van der Waals surface area (Å²) in [6.07, 6.45) is 1.71.